The van der Waals surface area contributed by atoms with Crippen molar-refractivity contribution in [1.29, 1.82) is 0 Å². The number of thioether (sulfide) groups is 1. The number of hydrogen-bond acceptors (Lipinski definition) is 6. The van der Waals surface area contributed by atoms with Crippen LogP contribution < -0.4 is 5.56 Å². The number of piperazine rings is 1. The zero-order chi connectivity index (χ0) is 21.0. The molecule has 7 heteroatoms. The summed E-state index contributed by atoms with van der Waals surface area (Å²) in [5.41, 5.74) is 2.10. The number of hydrogen-bond donors (Lipinski definition) is 2. The van der Waals surface area contributed by atoms with Crippen molar-refractivity contribution in [3.05, 3.63) is 57.5 Å². The molecular weight excluding hydrogens is 386 g/mol. The standard InChI is InChI=1S/C22H31N3O3S/c1-4-25-16(2)15-19(27)20(22(25)28)21(17-5-7-18(29-3)8-6-17)24-11-9-23(10-12-24)13-14-26/h5-8,15,21,26-27H,4,9-14H2,1-3H3/t21-/m1/s1. The molecule has 1 aliphatic heterocycles. The maximum Gasteiger partial charge on any atom is 0.259 e. The molecule has 0 radical (unpaired) electrons. The Labute approximate surface area is 176 Å². The van der Waals surface area contributed by atoms with Crippen LogP contribution in [-0.4, -0.2) is 70.2 Å². The van der Waals surface area contributed by atoms with Crippen molar-refractivity contribution in [3.8, 4) is 5.75 Å². The summed E-state index contributed by atoms with van der Waals surface area (Å²) in [6, 6.07) is 9.66. The third-order valence-electron chi connectivity index (χ3n) is 5.73. The summed E-state index contributed by atoms with van der Waals surface area (Å²) in [6.07, 6.45) is 2.04. The fourth-order valence-electron chi connectivity index (χ4n) is 4.15. The van der Waals surface area contributed by atoms with Crippen LogP contribution >= 0.6 is 11.8 Å². The monoisotopic (exact) mass is 417 g/mol. The van der Waals surface area contributed by atoms with Crippen LogP contribution in [0.4, 0.5) is 0 Å². The molecule has 1 aromatic carbocycles. The van der Waals surface area contributed by atoms with Crippen LogP contribution in [0.15, 0.2) is 40.0 Å². The van der Waals surface area contributed by atoms with Crippen molar-refractivity contribution < 1.29 is 10.2 Å². The van der Waals surface area contributed by atoms with Crippen LogP contribution in [0, 0.1) is 6.92 Å². The Balaban J connectivity index is 2.06. The van der Waals surface area contributed by atoms with Crippen molar-refractivity contribution in [2.45, 2.75) is 31.3 Å². The quantitative estimate of drug-likeness (QED) is 0.674. The lowest BCUT2D eigenvalue weighted by atomic mass is 9.96. The lowest BCUT2D eigenvalue weighted by Gasteiger charge is -2.39. The van der Waals surface area contributed by atoms with E-state index in [1.165, 1.54) is 4.90 Å². The Hall–Kier alpha value is -1.80. The van der Waals surface area contributed by atoms with Gasteiger partial charge in [0.25, 0.3) is 5.56 Å². The Kier molecular flexibility index (Phi) is 7.40. The summed E-state index contributed by atoms with van der Waals surface area (Å²) in [4.78, 5) is 19.0. The number of benzene rings is 1. The minimum absolute atomic E-state index is 0.0638. The normalized spacial score (nSPS) is 16.8. The third-order valence-corrected chi connectivity index (χ3v) is 6.48. The summed E-state index contributed by atoms with van der Waals surface area (Å²) in [7, 11) is 0. The average molecular weight is 418 g/mol. The molecule has 158 valence electrons. The average Bonchev–Trinajstić information content (AvgIpc) is 2.72. The number of aromatic hydroxyl groups is 1. The molecule has 29 heavy (non-hydrogen) atoms. The summed E-state index contributed by atoms with van der Waals surface area (Å²) in [5.74, 6) is 0.0638. The Bertz CT molecular complexity index is 874. The highest BCUT2D eigenvalue weighted by Crippen LogP contribution is 2.34. The van der Waals surface area contributed by atoms with Crippen molar-refractivity contribution in [2.24, 2.45) is 0 Å². The number of β-amino-alcohol motifs (C(OH)–C–C–N with tert-alkyl or cyclic N) is 1. The lowest BCUT2D eigenvalue weighted by molar-refractivity contribution is 0.0932. The molecule has 2 heterocycles. The van der Waals surface area contributed by atoms with Gasteiger partial charge in [0.05, 0.1) is 18.2 Å². The molecule has 0 unspecified atom stereocenters. The third kappa shape index (κ3) is 4.69. The minimum atomic E-state index is -0.298. The minimum Gasteiger partial charge on any atom is -0.507 e. The zero-order valence-corrected chi connectivity index (χ0v) is 18.3. The van der Waals surface area contributed by atoms with Crippen molar-refractivity contribution in [2.75, 3.05) is 45.6 Å². The number of aliphatic hydroxyl groups is 1. The number of aryl methyl sites for hydroxylation is 1. The van der Waals surface area contributed by atoms with Crippen LogP contribution in [0.2, 0.25) is 0 Å². The van der Waals surface area contributed by atoms with Gasteiger partial charge in [0.2, 0.25) is 0 Å². The molecule has 1 aliphatic rings. The topological polar surface area (TPSA) is 68.9 Å². The van der Waals surface area contributed by atoms with E-state index < -0.39 is 0 Å². The first-order valence-electron chi connectivity index (χ1n) is 10.1. The number of rotatable bonds is 7. The van der Waals surface area contributed by atoms with Crippen LogP contribution in [0.25, 0.3) is 0 Å². The molecule has 2 N–H and O–H groups in total. The Morgan fingerprint density at radius 1 is 1.14 bits per heavy atom. The number of aromatic nitrogens is 1. The highest BCUT2D eigenvalue weighted by molar-refractivity contribution is 7.98. The lowest BCUT2D eigenvalue weighted by Crippen LogP contribution is -2.49. The SMILES string of the molecule is CCn1c(C)cc(O)c([C@@H](c2ccc(SC)cc2)N2CCN(CCO)CC2)c1=O. The molecular formula is C22H31N3O3S. The van der Waals surface area contributed by atoms with E-state index in [-0.39, 0.29) is 24.0 Å². The summed E-state index contributed by atoms with van der Waals surface area (Å²) in [5, 5.41) is 20.0. The van der Waals surface area contributed by atoms with Gasteiger partial charge in [-0.15, -0.1) is 11.8 Å². The maximum absolute atomic E-state index is 13.3. The molecule has 0 amide bonds. The fourth-order valence-corrected chi connectivity index (χ4v) is 4.56. The molecule has 0 aliphatic carbocycles. The molecule has 2 aromatic rings. The van der Waals surface area contributed by atoms with Crippen LogP contribution in [0.5, 0.6) is 5.75 Å². The molecule has 0 saturated carbocycles. The second-order valence-electron chi connectivity index (χ2n) is 7.41. The van der Waals surface area contributed by atoms with Gasteiger partial charge in [-0.25, -0.2) is 0 Å². The van der Waals surface area contributed by atoms with Gasteiger partial charge >= 0.3 is 0 Å². The van der Waals surface area contributed by atoms with Gasteiger partial charge in [-0.1, -0.05) is 12.1 Å². The van der Waals surface area contributed by atoms with Crippen molar-refractivity contribution >= 4 is 11.8 Å². The molecule has 3 rings (SSSR count). The van der Waals surface area contributed by atoms with Crippen LogP contribution in [0.1, 0.15) is 29.8 Å². The predicted octanol–water partition coefficient (Wildman–Crippen LogP) is 2.30. The molecule has 0 spiro atoms. The van der Waals surface area contributed by atoms with E-state index in [2.05, 4.69) is 34.1 Å². The molecule has 6 nitrogen and oxygen atoms in total. The smallest absolute Gasteiger partial charge is 0.259 e. The van der Waals surface area contributed by atoms with E-state index in [1.54, 1.807) is 22.4 Å². The van der Waals surface area contributed by atoms with Gasteiger partial charge in [0, 0.05) is 49.9 Å². The van der Waals surface area contributed by atoms with Crippen molar-refractivity contribution in [3.63, 3.8) is 0 Å². The molecule has 1 aromatic heterocycles. The van der Waals surface area contributed by atoms with E-state index in [1.807, 2.05) is 20.1 Å². The van der Waals surface area contributed by atoms with Gasteiger partial charge in [-0.05, 0) is 43.9 Å². The summed E-state index contributed by atoms with van der Waals surface area (Å²) >= 11 is 1.68. The van der Waals surface area contributed by atoms with E-state index in [0.29, 0.717) is 18.7 Å². The van der Waals surface area contributed by atoms with E-state index in [4.69, 9.17) is 0 Å². The molecule has 1 atom stereocenters. The predicted molar refractivity (Wildman–Crippen MR) is 118 cm³/mol. The number of pyridine rings is 1. The summed E-state index contributed by atoms with van der Waals surface area (Å²) < 4.78 is 1.72. The number of nitrogens with zero attached hydrogens (tertiary/aromatic N) is 3. The Morgan fingerprint density at radius 3 is 2.34 bits per heavy atom. The summed E-state index contributed by atoms with van der Waals surface area (Å²) in [6.45, 7) is 8.39. The van der Waals surface area contributed by atoms with Crippen LogP contribution in [0.3, 0.4) is 0 Å². The Morgan fingerprint density at radius 2 is 1.79 bits per heavy atom. The molecule has 1 fully saturated rings. The van der Waals surface area contributed by atoms with Crippen molar-refractivity contribution in [1.82, 2.24) is 14.4 Å². The van der Waals surface area contributed by atoms with Gasteiger partial charge in [0.1, 0.15) is 5.75 Å². The van der Waals surface area contributed by atoms with Gasteiger partial charge in [-0.2, -0.15) is 0 Å². The van der Waals surface area contributed by atoms with E-state index in [0.717, 1.165) is 37.4 Å². The van der Waals surface area contributed by atoms with E-state index in [9.17, 15) is 15.0 Å². The van der Waals surface area contributed by atoms with Gasteiger partial charge in [0.15, 0.2) is 0 Å². The largest absolute Gasteiger partial charge is 0.507 e. The maximum atomic E-state index is 13.3. The first-order valence-corrected chi connectivity index (χ1v) is 11.4. The second-order valence-corrected chi connectivity index (χ2v) is 8.29. The first-order chi connectivity index (χ1) is 14.0. The first kappa shape index (κ1) is 21.9. The van der Waals surface area contributed by atoms with Crippen LogP contribution in [-0.2, 0) is 6.54 Å². The zero-order valence-electron chi connectivity index (χ0n) is 17.5. The fraction of sp³-hybridized carbons (Fsp3) is 0.500. The molecule has 0 bridgehead atoms. The van der Waals surface area contributed by atoms with Gasteiger partial charge in [-0.3, -0.25) is 14.6 Å². The highest BCUT2D eigenvalue weighted by atomic mass is 32.2. The molecule has 1 saturated heterocycles. The van der Waals surface area contributed by atoms with E-state index >= 15 is 0 Å². The highest BCUT2D eigenvalue weighted by Gasteiger charge is 2.31. The van der Waals surface area contributed by atoms with Gasteiger partial charge < -0.3 is 14.8 Å². The number of aliphatic hydroxyl groups excluding tert-OH is 1. The second kappa shape index (κ2) is 9.80.